The smallest absolute Gasteiger partial charge is 0.270 e. The number of nitrogens with one attached hydrogen (secondary N) is 2. The molecule has 0 atom stereocenters. The van der Waals surface area contributed by atoms with Crippen molar-refractivity contribution in [2.75, 3.05) is 33.4 Å². The summed E-state index contributed by atoms with van der Waals surface area (Å²) in [4.78, 5) is 29.8. The molecule has 1 fully saturated rings. The van der Waals surface area contributed by atoms with Gasteiger partial charge in [0.1, 0.15) is 5.69 Å². The van der Waals surface area contributed by atoms with Crippen LogP contribution in [0.1, 0.15) is 36.2 Å². The molecule has 0 unspecified atom stereocenters. The van der Waals surface area contributed by atoms with Gasteiger partial charge in [-0.05, 0) is 37.3 Å². The third-order valence-electron chi connectivity index (χ3n) is 4.98. The Morgan fingerprint density at radius 3 is 2.77 bits per heavy atom. The van der Waals surface area contributed by atoms with Crippen LogP contribution in [0.2, 0.25) is 0 Å². The minimum absolute atomic E-state index is 0.0451. The van der Waals surface area contributed by atoms with Crippen molar-refractivity contribution in [3.8, 4) is 0 Å². The number of carbonyl (C=O) groups is 2. The van der Waals surface area contributed by atoms with Crippen LogP contribution in [0.5, 0.6) is 0 Å². The summed E-state index contributed by atoms with van der Waals surface area (Å²) >= 11 is 0. The number of likely N-dealkylation sites (tertiary alicyclic amines) is 1. The highest BCUT2D eigenvalue weighted by Crippen LogP contribution is 2.23. The first kappa shape index (κ1) is 18.5. The molecule has 2 heterocycles. The molecule has 140 valence electrons. The number of para-hydroxylation sites is 1. The Morgan fingerprint density at radius 2 is 2.04 bits per heavy atom. The van der Waals surface area contributed by atoms with Crippen molar-refractivity contribution in [2.24, 2.45) is 5.92 Å². The summed E-state index contributed by atoms with van der Waals surface area (Å²) in [6, 6.07) is 9.82. The molecule has 0 saturated carbocycles. The molecule has 0 radical (unpaired) electrons. The maximum absolute atomic E-state index is 12.7. The lowest BCUT2D eigenvalue weighted by molar-refractivity contribution is -0.122. The highest BCUT2D eigenvalue weighted by Gasteiger charge is 2.25. The number of methoxy groups -OCH3 is 1. The standard InChI is InChI=1S/C20H27N3O3/c1-26-12-4-9-21-19(24)13-15-7-10-23(11-8-15)20(25)18-14-16-5-2-3-6-17(16)22-18/h2-3,5-6,14-15,22H,4,7-13H2,1H3,(H,21,24). The number of rotatable bonds is 7. The molecule has 2 amide bonds. The first-order valence-corrected chi connectivity index (χ1v) is 9.30. The van der Waals surface area contributed by atoms with Gasteiger partial charge in [0.2, 0.25) is 5.91 Å². The van der Waals surface area contributed by atoms with E-state index in [9.17, 15) is 9.59 Å². The predicted octanol–water partition coefficient (Wildman–Crippen LogP) is 2.56. The first-order valence-electron chi connectivity index (χ1n) is 9.30. The predicted molar refractivity (Wildman–Crippen MR) is 101 cm³/mol. The zero-order valence-corrected chi connectivity index (χ0v) is 15.3. The molecule has 2 aromatic rings. The molecule has 0 bridgehead atoms. The minimum atomic E-state index is 0.0451. The van der Waals surface area contributed by atoms with Crippen molar-refractivity contribution in [2.45, 2.75) is 25.7 Å². The fraction of sp³-hybridized carbons (Fsp3) is 0.500. The molecule has 6 nitrogen and oxygen atoms in total. The average molecular weight is 357 g/mol. The second kappa shape index (κ2) is 8.85. The second-order valence-electron chi connectivity index (χ2n) is 6.91. The van der Waals surface area contributed by atoms with Gasteiger partial charge in [-0.1, -0.05) is 18.2 Å². The molecule has 1 aromatic carbocycles. The summed E-state index contributed by atoms with van der Waals surface area (Å²) in [6.45, 7) is 2.73. The van der Waals surface area contributed by atoms with Crippen LogP contribution in [-0.4, -0.2) is 55.0 Å². The summed E-state index contributed by atoms with van der Waals surface area (Å²) in [5.41, 5.74) is 1.62. The van der Waals surface area contributed by atoms with Crippen molar-refractivity contribution in [3.05, 3.63) is 36.0 Å². The van der Waals surface area contributed by atoms with Gasteiger partial charge >= 0.3 is 0 Å². The van der Waals surface area contributed by atoms with E-state index in [2.05, 4.69) is 10.3 Å². The Labute approximate surface area is 153 Å². The molecule has 1 saturated heterocycles. The lowest BCUT2D eigenvalue weighted by Crippen LogP contribution is -2.39. The summed E-state index contributed by atoms with van der Waals surface area (Å²) in [5.74, 6) is 0.495. The maximum Gasteiger partial charge on any atom is 0.270 e. The monoisotopic (exact) mass is 357 g/mol. The van der Waals surface area contributed by atoms with Gasteiger partial charge in [0.15, 0.2) is 0 Å². The SMILES string of the molecule is COCCCNC(=O)CC1CCN(C(=O)c2cc3ccccc3[nH]2)CC1. The quantitative estimate of drug-likeness (QED) is 0.748. The molecule has 2 N–H and O–H groups in total. The summed E-state index contributed by atoms with van der Waals surface area (Å²) in [6.07, 6.45) is 3.12. The number of H-pyrrole nitrogens is 1. The number of fused-ring (bicyclic) bond motifs is 1. The number of aromatic nitrogens is 1. The maximum atomic E-state index is 12.7. The Balaban J connectivity index is 1.45. The Hall–Kier alpha value is -2.34. The van der Waals surface area contributed by atoms with E-state index in [1.807, 2.05) is 35.2 Å². The van der Waals surface area contributed by atoms with E-state index < -0.39 is 0 Å². The number of nitrogens with zero attached hydrogens (tertiary/aromatic N) is 1. The number of ether oxygens (including phenoxy) is 1. The van der Waals surface area contributed by atoms with Crippen LogP contribution in [0.3, 0.4) is 0 Å². The largest absolute Gasteiger partial charge is 0.385 e. The molecule has 26 heavy (non-hydrogen) atoms. The van der Waals surface area contributed by atoms with Crippen LogP contribution in [0, 0.1) is 5.92 Å². The zero-order valence-electron chi connectivity index (χ0n) is 15.3. The normalized spacial score (nSPS) is 15.3. The minimum Gasteiger partial charge on any atom is -0.385 e. The molecule has 0 spiro atoms. The molecule has 3 rings (SSSR count). The van der Waals surface area contributed by atoms with E-state index in [4.69, 9.17) is 4.74 Å². The average Bonchev–Trinajstić information content (AvgIpc) is 3.09. The Bertz CT molecular complexity index is 715. The van der Waals surface area contributed by atoms with Crippen LogP contribution in [0.15, 0.2) is 30.3 Å². The van der Waals surface area contributed by atoms with Gasteiger partial charge in [-0.3, -0.25) is 9.59 Å². The van der Waals surface area contributed by atoms with Crippen LogP contribution >= 0.6 is 0 Å². The molecular weight excluding hydrogens is 330 g/mol. The van der Waals surface area contributed by atoms with Crippen LogP contribution in [0.4, 0.5) is 0 Å². The number of hydrogen-bond acceptors (Lipinski definition) is 3. The number of hydrogen-bond donors (Lipinski definition) is 2. The lowest BCUT2D eigenvalue weighted by atomic mass is 9.93. The van der Waals surface area contributed by atoms with Gasteiger partial charge in [0.05, 0.1) is 0 Å². The van der Waals surface area contributed by atoms with Crippen LogP contribution in [0.25, 0.3) is 10.9 Å². The molecular formula is C20H27N3O3. The second-order valence-corrected chi connectivity index (χ2v) is 6.91. The summed E-state index contributed by atoms with van der Waals surface area (Å²) < 4.78 is 4.97. The number of piperidine rings is 1. The van der Waals surface area contributed by atoms with E-state index in [-0.39, 0.29) is 11.8 Å². The zero-order chi connectivity index (χ0) is 18.4. The van der Waals surface area contributed by atoms with Gasteiger partial charge in [-0.2, -0.15) is 0 Å². The molecule has 1 aliphatic heterocycles. The van der Waals surface area contributed by atoms with Crippen molar-refractivity contribution in [1.82, 2.24) is 15.2 Å². The first-order chi connectivity index (χ1) is 12.7. The van der Waals surface area contributed by atoms with E-state index in [1.165, 1.54) is 0 Å². The highest BCUT2D eigenvalue weighted by atomic mass is 16.5. The van der Waals surface area contributed by atoms with E-state index >= 15 is 0 Å². The topological polar surface area (TPSA) is 74.4 Å². The van der Waals surface area contributed by atoms with E-state index in [1.54, 1.807) is 7.11 Å². The third-order valence-corrected chi connectivity index (χ3v) is 4.98. The number of carbonyl (C=O) groups excluding carboxylic acids is 2. The van der Waals surface area contributed by atoms with E-state index in [0.29, 0.717) is 44.3 Å². The third kappa shape index (κ3) is 4.64. The molecule has 1 aliphatic rings. The van der Waals surface area contributed by atoms with Gasteiger partial charge < -0.3 is 19.9 Å². The summed E-state index contributed by atoms with van der Waals surface area (Å²) in [5, 5.41) is 3.99. The van der Waals surface area contributed by atoms with Crippen molar-refractivity contribution in [3.63, 3.8) is 0 Å². The van der Waals surface area contributed by atoms with Crippen molar-refractivity contribution in [1.29, 1.82) is 0 Å². The van der Waals surface area contributed by atoms with Gasteiger partial charge in [0, 0.05) is 50.7 Å². The van der Waals surface area contributed by atoms with Gasteiger partial charge in [-0.15, -0.1) is 0 Å². The number of aromatic amines is 1. The van der Waals surface area contributed by atoms with Crippen molar-refractivity contribution >= 4 is 22.7 Å². The molecule has 6 heteroatoms. The summed E-state index contributed by atoms with van der Waals surface area (Å²) in [7, 11) is 1.66. The van der Waals surface area contributed by atoms with Gasteiger partial charge in [0.25, 0.3) is 5.91 Å². The van der Waals surface area contributed by atoms with Crippen molar-refractivity contribution < 1.29 is 14.3 Å². The highest BCUT2D eigenvalue weighted by molar-refractivity contribution is 5.98. The Kier molecular flexibility index (Phi) is 6.28. The fourth-order valence-electron chi connectivity index (χ4n) is 3.48. The number of benzene rings is 1. The molecule has 1 aromatic heterocycles. The van der Waals surface area contributed by atoms with Crippen LogP contribution in [-0.2, 0) is 9.53 Å². The van der Waals surface area contributed by atoms with E-state index in [0.717, 1.165) is 30.2 Å². The molecule has 0 aliphatic carbocycles. The lowest BCUT2D eigenvalue weighted by Gasteiger charge is -2.31. The van der Waals surface area contributed by atoms with Crippen LogP contribution < -0.4 is 5.32 Å². The Morgan fingerprint density at radius 1 is 1.27 bits per heavy atom. The van der Waals surface area contributed by atoms with Gasteiger partial charge in [-0.25, -0.2) is 0 Å². The fourth-order valence-corrected chi connectivity index (χ4v) is 3.48. The number of amides is 2.